The zero-order chi connectivity index (χ0) is 23.3. The quantitative estimate of drug-likeness (QED) is 0.454. The van der Waals surface area contributed by atoms with E-state index in [2.05, 4.69) is 0 Å². The molecule has 166 valence electrons. The molecule has 11 heteroatoms. The van der Waals surface area contributed by atoms with E-state index in [1.165, 1.54) is 25.3 Å². The van der Waals surface area contributed by atoms with Gasteiger partial charge in [-0.25, -0.2) is 9.59 Å². The molecule has 1 aromatic carbocycles. The van der Waals surface area contributed by atoms with Crippen molar-refractivity contribution in [3.8, 4) is 22.6 Å². The summed E-state index contributed by atoms with van der Waals surface area (Å²) in [5, 5.41) is 19.0. The number of aromatic nitrogens is 1. The predicted molar refractivity (Wildman–Crippen MR) is 111 cm³/mol. The number of H-pyrrole nitrogens is 1. The zero-order valence-corrected chi connectivity index (χ0v) is 17.2. The minimum absolute atomic E-state index is 0.0619. The summed E-state index contributed by atoms with van der Waals surface area (Å²) in [4.78, 5) is 51.3. The number of aromatic amines is 1. The minimum Gasteiger partial charge on any atom is -0.493 e. The number of pyridine rings is 1. The van der Waals surface area contributed by atoms with Crippen LogP contribution in [-0.4, -0.2) is 64.7 Å². The van der Waals surface area contributed by atoms with Crippen LogP contribution in [0, 0.1) is 0 Å². The molecule has 0 bridgehead atoms. The van der Waals surface area contributed by atoms with Crippen LogP contribution < -0.4 is 20.8 Å². The van der Waals surface area contributed by atoms with Gasteiger partial charge in [0.2, 0.25) is 0 Å². The average molecular weight is 433 g/mol. The lowest BCUT2D eigenvalue weighted by Crippen LogP contribution is -2.34. The number of nitrogens with two attached hydrogens (primary N) is 1. The van der Waals surface area contributed by atoms with Crippen LogP contribution in [-0.2, 0) is 4.79 Å². The SMILES string of the molecule is CCN(CC)C(=O)COc1ccc(-c2c(C(=O)O)c(N)[nH]c(=O)c2C(=O)O)cc1OC. The molecule has 0 aliphatic carbocycles. The van der Waals surface area contributed by atoms with Gasteiger partial charge in [-0.15, -0.1) is 0 Å². The largest absolute Gasteiger partial charge is 0.493 e. The highest BCUT2D eigenvalue weighted by Gasteiger charge is 2.27. The van der Waals surface area contributed by atoms with Crippen LogP contribution >= 0.6 is 0 Å². The molecule has 0 atom stereocenters. The van der Waals surface area contributed by atoms with Gasteiger partial charge >= 0.3 is 11.9 Å². The standard InChI is InChI=1S/C20H23N3O8/c1-4-23(5-2)13(24)9-31-11-7-6-10(8-12(11)30-3)14-15(19(26)27)17(21)22-18(25)16(14)20(28)29/h6-8H,4-5,9H2,1-3H3,(H,26,27)(H,28,29)(H3,21,22,25). The first-order valence-electron chi connectivity index (χ1n) is 9.27. The van der Waals surface area contributed by atoms with Crippen LogP contribution in [0.4, 0.5) is 5.82 Å². The summed E-state index contributed by atoms with van der Waals surface area (Å²) in [6, 6.07) is 4.05. The maximum Gasteiger partial charge on any atom is 0.342 e. The number of hydrogen-bond acceptors (Lipinski definition) is 7. The number of likely N-dealkylation sites (N-methyl/N-ethyl adjacent to an activating group) is 1. The lowest BCUT2D eigenvalue weighted by molar-refractivity contribution is -0.133. The van der Waals surface area contributed by atoms with E-state index < -0.39 is 34.4 Å². The number of nitrogens with zero attached hydrogens (tertiary/aromatic N) is 1. The van der Waals surface area contributed by atoms with Crippen LogP contribution in [0.15, 0.2) is 23.0 Å². The number of carboxylic acid groups (broad SMARTS) is 2. The Morgan fingerprint density at radius 1 is 1.06 bits per heavy atom. The molecule has 2 aromatic rings. The number of methoxy groups -OCH3 is 1. The number of benzene rings is 1. The highest BCUT2D eigenvalue weighted by atomic mass is 16.5. The summed E-state index contributed by atoms with van der Waals surface area (Å²) in [5.41, 5.74) is 2.94. The first-order chi connectivity index (χ1) is 14.7. The summed E-state index contributed by atoms with van der Waals surface area (Å²) in [5.74, 6) is -3.57. The number of amides is 1. The Kier molecular flexibility index (Phi) is 7.24. The number of hydrogen-bond donors (Lipinski definition) is 4. The molecular weight excluding hydrogens is 410 g/mol. The third kappa shape index (κ3) is 4.77. The molecule has 0 aliphatic heterocycles. The second-order valence-electron chi connectivity index (χ2n) is 6.32. The Bertz CT molecular complexity index is 1070. The fourth-order valence-corrected chi connectivity index (χ4v) is 3.08. The van der Waals surface area contributed by atoms with Gasteiger partial charge in [-0.3, -0.25) is 9.59 Å². The Balaban J connectivity index is 2.57. The molecular formula is C20H23N3O8. The number of nitrogen functional groups attached to an aromatic ring is 1. The van der Waals surface area contributed by atoms with Crippen LogP contribution in [0.1, 0.15) is 34.6 Å². The van der Waals surface area contributed by atoms with Crippen LogP contribution in [0.25, 0.3) is 11.1 Å². The Morgan fingerprint density at radius 3 is 2.19 bits per heavy atom. The molecule has 1 heterocycles. The molecule has 0 radical (unpaired) electrons. The topological polar surface area (TPSA) is 172 Å². The molecule has 1 amide bonds. The first-order valence-corrected chi connectivity index (χ1v) is 9.27. The Morgan fingerprint density at radius 2 is 1.68 bits per heavy atom. The van der Waals surface area contributed by atoms with E-state index in [9.17, 15) is 29.4 Å². The van der Waals surface area contributed by atoms with Crippen LogP contribution in [0.2, 0.25) is 0 Å². The fourth-order valence-electron chi connectivity index (χ4n) is 3.08. The van der Waals surface area contributed by atoms with Crippen molar-refractivity contribution in [2.75, 3.05) is 32.5 Å². The molecule has 31 heavy (non-hydrogen) atoms. The number of nitrogens with one attached hydrogen (secondary N) is 1. The number of rotatable bonds is 9. The minimum atomic E-state index is -1.62. The molecule has 0 unspecified atom stereocenters. The van der Waals surface area contributed by atoms with Gasteiger partial charge in [0.1, 0.15) is 16.9 Å². The molecule has 0 spiro atoms. The van der Waals surface area contributed by atoms with Gasteiger partial charge in [-0.2, -0.15) is 0 Å². The lowest BCUT2D eigenvalue weighted by Gasteiger charge is -2.19. The number of anilines is 1. The van der Waals surface area contributed by atoms with E-state index >= 15 is 0 Å². The van der Waals surface area contributed by atoms with Crippen molar-refractivity contribution >= 4 is 23.7 Å². The summed E-state index contributed by atoms with van der Waals surface area (Å²) < 4.78 is 10.8. The molecule has 2 rings (SSSR count). The average Bonchev–Trinajstić information content (AvgIpc) is 2.71. The van der Waals surface area contributed by atoms with E-state index in [1.807, 2.05) is 18.8 Å². The summed E-state index contributed by atoms with van der Waals surface area (Å²) in [6.45, 7) is 4.47. The van der Waals surface area contributed by atoms with E-state index in [0.29, 0.717) is 13.1 Å². The second kappa shape index (κ2) is 9.65. The Labute approximate surface area is 177 Å². The highest BCUT2D eigenvalue weighted by Crippen LogP contribution is 2.36. The van der Waals surface area contributed by atoms with Crippen molar-refractivity contribution < 1.29 is 34.1 Å². The van der Waals surface area contributed by atoms with Crippen molar-refractivity contribution in [1.29, 1.82) is 0 Å². The van der Waals surface area contributed by atoms with Gasteiger partial charge in [0.05, 0.1) is 7.11 Å². The van der Waals surface area contributed by atoms with Crippen molar-refractivity contribution in [3.05, 3.63) is 39.7 Å². The molecule has 0 aliphatic rings. The third-order valence-electron chi connectivity index (χ3n) is 4.59. The van der Waals surface area contributed by atoms with Crippen molar-refractivity contribution in [2.45, 2.75) is 13.8 Å². The van der Waals surface area contributed by atoms with E-state index in [1.54, 1.807) is 4.90 Å². The van der Waals surface area contributed by atoms with Crippen LogP contribution in [0.3, 0.4) is 0 Å². The highest BCUT2D eigenvalue weighted by molar-refractivity contribution is 6.07. The van der Waals surface area contributed by atoms with E-state index in [-0.39, 0.29) is 35.1 Å². The van der Waals surface area contributed by atoms with Crippen LogP contribution in [0.5, 0.6) is 11.5 Å². The van der Waals surface area contributed by atoms with E-state index in [4.69, 9.17) is 15.2 Å². The normalized spacial score (nSPS) is 10.4. The molecule has 1 aromatic heterocycles. The third-order valence-corrected chi connectivity index (χ3v) is 4.59. The van der Waals surface area contributed by atoms with Gasteiger partial charge in [-0.1, -0.05) is 6.07 Å². The number of carboxylic acids is 2. The summed E-state index contributed by atoms with van der Waals surface area (Å²) >= 11 is 0. The number of carbonyl (C=O) groups is 3. The lowest BCUT2D eigenvalue weighted by atomic mass is 9.95. The smallest absolute Gasteiger partial charge is 0.342 e. The molecule has 11 nitrogen and oxygen atoms in total. The van der Waals surface area contributed by atoms with Gasteiger partial charge in [-0.05, 0) is 31.5 Å². The second-order valence-corrected chi connectivity index (χ2v) is 6.32. The van der Waals surface area contributed by atoms with Gasteiger partial charge in [0.15, 0.2) is 18.1 Å². The monoisotopic (exact) mass is 433 g/mol. The Hall–Kier alpha value is -4.02. The molecule has 0 saturated heterocycles. The van der Waals surface area contributed by atoms with E-state index in [0.717, 1.165) is 0 Å². The van der Waals surface area contributed by atoms with Gasteiger partial charge in [0, 0.05) is 18.7 Å². The molecule has 0 fully saturated rings. The first kappa shape index (κ1) is 23.3. The summed E-state index contributed by atoms with van der Waals surface area (Å²) in [6.07, 6.45) is 0. The zero-order valence-electron chi connectivity index (χ0n) is 17.2. The number of ether oxygens (including phenoxy) is 2. The molecule has 0 saturated carbocycles. The summed E-state index contributed by atoms with van der Waals surface area (Å²) in [7, 11) is 1.32. The maximum absolute atomic E-state index is 12.2. The van der Waals surface area contributed by atoms with Crippen molar-refractivity contribution in [1.82, 2.24) is 9.88 Å². The van der Waals surface area contributed by atoms with Gasteiger partial charge in [0.25, 0.3) is 11.5 Å². The predicted octanol–water partition coefficient (Wildman–Crippen LogP) is 1.28. The number of carbonyl (C=O) groups excluding carboxylic acids is 1. The molecule has 5 N–H and O–H groups in total. The van der Waals surface area contributed by atoms with Crippen molar-refractivity contribution in [3.63, 3.8) is 0 Å². The van der Waals surface area contributed by atoms with Gasteiger partial charge < -0.3 is 35.3 Å². The van der Waals surface area contributed by atoms with Crippen molar-refractivity contribution in [2.24, 2.45) is 0 Å². The fraction of sp³-hybridized carbons (Fsp3) is 0.300. The number of aromatic carboxylic acids is 2. The maximum atomic E-state index is 12.2.